The van der Waals surface area contributed by atoms with Crippen molar-refractivity contribution in [1.29, 1.82) is 0 Å². The highest BCUT2D eigenvalue weighted by Crippen LogP contribution is 2.19. The highest BCUT2D eigenvalue weighted by Gasteiger charge is 2.34. The van der Waals surface area contributed by atoms with Gasteiger partial charge in [-0.15, -0.1) is 0 Å². The van der Waals surface area contributed by atoms with Gasteiger partial charge in [-0.25, -0.2) is 0 Å². The second-order valence-corrected chi connectivity index (χ2v) is 7.37. The van der Waals surface area contributed by atoms with E-state index in [1.807, 2.05) is 13.8 Å². The lowest BCUT2D eigenvalue weighted by molar-refractivity contribution is -0.136. The van der Waals surface area contributed by atoms with Crippen molar-refractivity contribution >= 4 is 11.8 Å². The van der Waals surface area contributed by atoms with E-state index in [1.165, 1.54) is 0 Å². The average Bonchev–Trinajstić information content (AvgIpc) is 2.60. The Labute approximate surface area is 157 Å². The van der Waals surface area contributed by atoms with Crippen LogP contribution in [0.2, 0.25) is 0 Å². The predicted octanol–water partition coefficient (Wildman–Crippen LogP) is 1.50. The first-order chi connectivity index (χ1) is 12.1. The second-order valence-electron chi connectivity index (χ2n) is 7.37. The zero-order valence-electron chi connectivity index (χ0n) is 17.1. The number of amides is 2. The molecule has 8 nitrogen and oxygen atoms in total. The third-order valence-electron chi connectivity index (χ3n) is 4.19. The minimum atomic E-state index is -1.12. The van der Waals surface area contributed by atoms with E-state index in [-0.39, 0.29) is 31.1 Å². The van der Waals surface area contributed by atoms with Gasteiger partial charge in [0.1, 0.15) is 0 Å². The lowest BCUT2D eigenvalue weighted by Crippen LogP contribution is -2.47. The molecular formula is C18H36N4O4. The van der Waals surface area contributed by atoms with E-state index in [4.69, 9.17) is 10.2 Å². The van der Waals surface area contributed by atoms with Crippen LogP contribution in [0.4, 0.5) is 0 Å². The molecule has 2 amide bonds. The molecule has 3 N–H and O–H groups in total. The Kier molecular flexibility index (Phi) is 10.6. The van der Waals surface area contributed by atoms with Gasteiger partial charge in [-0.2, -0.15) is 10.2 Å². The lowest BCUT2D eigenvalue weighted by Gasteiger charge is -2.29. The lowest BCUT2D eigenvalue weighted by atomic mass is 10.0. The van der Waals surface area contributed by atoms with Crippen LogP contribution in [-0.2, 0) is 9.59 Å². The number of rotatable bonds is 12. The number of aliphatic hydroxyl groups excluding tert-OH is 2. The van der Waals surface area contributed by atoms with Crippen LogP contribution in [-0.4, -0.2) is 70.4 Å². The van der Waals surface area contributed by atoms with Crippen molar-refractivity contribution in [1.82, 2.24) is 10.2 Å². The first-order valence-corrected chi connectivity index (χ1v) is 9.31. The Morgan fingerprint density at radius 1 is 1.04 bits per heavy atom. The van der Waals surface area contributed by atoms with Crippen LogP contribution in [0.3, 0.4) is 0 Å². The molecule has 152 valence electrons. The molecule has 0 bridgehead atoms. The molecule has 0 heterocycles. The van der Waals surface area contributed by atoms with Crippen LogP contribution in [0.15, 0.2) is 10.2 Å². The molecule has 1 unspecified atom stereocenters. The van der Waals surface area contributed by atoms with Crippen LogP contribution in [0.25, 0.3) is 0 Å². The standard InChI is InChI=1S/C18H36N4O4/c1-7-14(10-13-24)19-15(25)17(3,4)20-21-18(5,6)16(26)22(8-2)11-9-12-23/h14,23-24H,7-13H2,1-6H3,(H,19,25). The van der Waals surface area contributed by atoms with Gasteiger partial charge in [-0.1, -0.05) is 6.92 Å². The molecule has 0 aromatic heterocycles. The van der Waals surface area contributed by atoms with E-state index in [0.29, 0.717) is 32.4 Å². The SMILES string of the molecule is CCC(CCO)NC(=O)C(C)(C)N=NC(C)(C)C(=O)N(CC)CCCO. The summed E-state index contributed by atoms with van der Waals surface area (Å²) in [6.07, 6.45) is 1.69. The quantitative estimate of drug-likeness (QED) is 0.450. The molecule has 26 heavy (non-hydrogen) atoms. The highest BCUT2D eigenvalue weighted by atomic mass is 16.3. The van der Waals surface area contributed by atoms with Crippen molar-refractivity contribution in [2.45, 2.75) is 77.9 Å². The summed E-state index contributed by atoms with van der Waals surface area (Å²) < 4.78 is 0. The fraction of sp³-hybridized carbons (Fsp3) is 0.889. The summed E-state index contributed by atoms with van der Waals surface area (Å²) in [5, 5.41) is 29.2. The maximum absolute atomic E-state index is 12.7. The molecule has 0 aliphatic rings. The van der Waals surface area contributed by atoms with Crippen molar-refractivity contribution in [2.24, 2.45) is 10.2 Å². The van der Waals surface area contributed by atoms with Crippen LogP contribution in [0.5, 0.6) is 0 Å². The molecule has 0 radical (unpaired) electrons. The third kappa shape index (κ3) is 7.78. The average molecular weight is 373 g/mol. The molecule has 0 saturated heterocycles. The zero-order valence-corrected chi connectivity index (χ0v) is 17.1. The maximum atomic E-state index is 12.7. The second kappa shape index (κ2) is 11.2. The van der Waals surface area contributed by atoms with E-state index in [9.17, 15) is 9.59 Å². The molecule has 0 aliphatic carbocycles. The van der Waals surface area contributed by atoms with E-state index >= 15 is 0 Å². The summed E-state index contributed by atoms with van der Waals surface area (Å²) in [6.45, 7) is 11.4. The van der Waals surface area contributed by atoms with Gasteiger partial charge in [0.2, 0.25) is 5.91 Å². The molecule has 1 atom stereocenters. The fourth-order valence-electron chi connectivity index (χ4n) is 2.29. The van der Waals surface area contributed by atoms with Crippen molar-refractivity contribution in [3.05, 3.63) is 0 Å². The van der Waals surface area contributed by atoms with E-state index in [2.05, 4.69) is 15.5 Å². The summed E-state index contributed by atoms with van der Waals surface area (Å²) in [7, 11) is 0. The third-order valence-corrected chi connectivity index (χ3v) is 4.19. The monoisotopic (exact) mass is 372 g/mol. The number of carbonyl (C=O) groups is 2. The number of likely N-dealkylation sites (N-methyl/N-ethyl adjacent to an activating group) is 1. The Bertz CT molecular complexity index is 478. The summed E-state index contributed by atoms with van der Waals surface area (Å²) in [4.78, 5) is 26.7. The van der Waals surface area contributed by atoms with Crippen molar-refractivity contribution in [3.8, 4) is 0 Å². The van der Waals surface area contributed by atoms with Gasteiger partial charge in [0.25, 0.3) is 5.91 Å². The molecule has 0 spiro atoms. The number of hydrogen-bond acceptors (Lipinski definition) is 6. The van der Waals surface area contributed by atoms with Gasteiger partial charge in [0.05, 0.1) is 0 Å². The number of aliphatic hydroxyl groups is 2. The fourth-order valence-corrected chi connectivity index (χ4v) is 2.29. The molecule has 8 heteroatoms. The topological polar surface area (TPSA) is 115 Å². The van der Waals surface area contributed by atoms with Crippen LogP contribution in [0, 0.1) is 0 Å². The minimum Gasteiger partial charge on any atom is -0.396 e. The Morgan fingerprint density at radius 2 is 1.62 bits per heavy atom. The molecule has 0 aromatic rings. The number of nitrogens with zero attached hydrogens (tertiary/aromatic N) is 3. The first-order valence-electron chi connectivity index (χ1n) is 9.31. The molecule has 0 fully saturated rings. The number of carbonyl (C=O) groups excluding carboxylic acids is 2. The Balaban J connectivity index is 5.10. The predicted molar refractivity (Wildman–Crippen MR) is 101 cm³/mol. The highest BCUT2D eigenvalue weighted by molar-refractivity contribution is 5.87. The van der Waals surface area contributed by atoms with Gasteiger partial charge in [-0.3, -0.25) is 9.59 Å². The molecule has 0 aliphatic heterocycles. The zero-order chi connectivity index (χ0) is 20.4. The number of hydrogen-bond donors (Lipinski definition) is 3. The number of nitrogens with one attached hydrogen (secondary N) is 1. The van der Waals surface area contributed by atoms with Gasteiger partial charge in [0, 0.05) is 32.3 Å². The largest absolute Gasteiger partial charge is 0.396 e. The summed E-state index contributed by atoms with van der Waals surface area (Å²) in [5.74, 6) is -0.488. The molecular weight excluding hydrogens is 336 g/mol. The van der Waals surface area contributed by atoms with Crippen molar-refractivity contribution in [3.63, 3.8) is 0 Å². The van der Waals surface area contributed by atoms with E-state index < -0.39 is 11.1 Å². The minimum absolute atomic E-state index is 0.00294. The first kappa shape index (κ1) is 24.5. The van der Waals surface area contributed by atoms with E-state index in [0.717, 1.165) is 0 Å². The summed E-state index contributed by atoms with van der Waals surface area (Å²) in [5.41, 5.74) is -2.22. The van der Waals surface area contributed by atoms with E-state index in [1.54, 1.807) is 32.6 Å². The van der Waals surface area contributed by atoms with Crippen LogP contribution >= 0.6 is 0 Å². The van der Waals surface area contributed by atoms with Gasteiger partial charge in [0.15, 0.2) is 11.1 Å². The smallest absolute Gasteiger partial charge is 0.251 e. The number of azo groups is 1. The van der Waals surface area contributed by atoms with Crippen LogP contribution in [0.1, 0.15) is 60.8 Å². The Hall–Kier alpha value is -1.54. The summed E-state index contributed by atoms with van der Waals surface area (Å²) >= 11 is 0. The van der Waals surface area contributed by atoms with Crippen molar-refractivity contribution in [2.75, 3.05) is 26.3 Å². The normalized spacial score (nSPS) is 13.7. The molecule has 0 aromatic carbocycles. The molecule has 0 rings (SSSR count). The Morgan fingerprint density at radius 3 is 2.08 bits per heavy atom. The van der Waals surface area contributed by atoms with Gasteiger partial charge >= 0.3 is 0 Å². The van der Waals surface area contributed by atoms with Crippen molar-refractivity contribution < 1.29 is 19.8 Å². The van der Waals surface area contributed by atoms with Gasteiger partial charge < -0.3 is 20.4 Å². The maximum Gasteiger partial charge on any atom is 0.251 e. The van der Waals surface area contributed by atoms with Gasteiger partial charge in [-0.05, 0) is 53.9 Å². The summed E-state index contributed by atoms with van der Waals surface area (Å²) in [6, 6.07) is -0.120. The molecule has 0 saturated carbocycles. The van der Waals surface area contributed by atoms with Crippen LogP contribution < -0.4 is 5.32 Å².